The monoisotopic (exact) mass is 441 g/mol. The summed E-state index contributed by atoms with van der Waals surface area (Å²) < 4.78 is 2.00. The Labute approximate surface area is 183 Å². The summed E-state index contributed by atoms with van der Waals surface area (Å²) in [6, 6.07) is 14.0. The number of carbonyl (C=O) groups is 2. The van der Waals surface area contributed by atoms with Crippen LogP contribution < -0.4 is 0 Å². The van der Waals surface area contributed by atoms with Crippen LogP contribution in [0.4, 0.5) is 0 Å². The van der Waals surface area contributed by atoms with Gasteiger partial charge in [0, 0.05) is 38.3 Å². The Balaban J connectivity index is 1.50. The summed E-state index contributed by atoms with van der Waals surface area (Å²) >= 11 is 3.00. The highest BCUT2D eigenvalue weighted by Crippen LogP contribution is 2.30. The maximum Gasteiger partial charge on any atom is 0.233 e. The van der Waals surface area contributed by atoms with Gasteiger partial charge in [-0.15, -0.1) is 21.5 Å². The fraction of sp³-hybridized carbons (Fsp3) is 0.333. The molecule has 3 heterocycles. The first-order valence-corrected chi connectivity index (χ1v) is 11.6. The van der Waals surface area contributed by atoms with Gasteiger partial charge in [-0.2, -0.15) is 0 Å². The molecular weight excluding hydrogens is 418 g/mol. The largest absolute Gasteiger partial charge is 0.338 e. The summed E-state index contributed by atoms with van der Waals surface area (Å²) in [6.07, 6.45) is 0. The lowest BCUT2D eigenvalue weighted by atomic mass is 10.2. The number of thioether (sulfide) groups is 1. The van der Waals surface area contributed by atoms with Crippen molar-refractivity contribution in [3.8, 4) is 16.4 Å². The molecule has 9 heteroatoms. The van der Waals surface area contributed by atoms with Crippen molar-refractivity contribution in [1.82, 2.24) is 24.6 Å². The average Bonchev–Trinajstić information content (AvgIpc) is 3.42. The second-order valence-corrected chi connectivity index (χ2v) is 9.03. The zero-order valence-corrected chi connectivity index (χ0v) is 18.5. The van der Waals surface area contributed by atoms with E-state index in [2.05, 4.69) is 10.2 Å². The second kappa shape index (κ2) is 9.01. The minimum Gasteiger partial charge on any atom is -0.338 e. The first-order valence-electron chi connectivity index (χ1n) is 9.77. The van der Waals surface area contributed by atoms with Crippen LogP contribution in [-0.2, 0) is 9.59 Å². The normalized spacial score (nSPS) is 16.7. The van der Waals surface area contributed by atoms with Crippen LogP contribution in [0.15, 0.2) is 53.0 Å². The number of rotatable bonds is 5. The van der Waals surface area contributed by atoms with Crippen LogP contribution in [0, 0.1) is 0 Å². The molecule has 0 radical (unpaired) electrons. The average molecular weight is 442 g/mol. The molecule has 1 aliphatic heterocycles. The van der Waals surface area contributed by atoms with Gasteiger partial charge in [0.1, 0.15) is 0 Å². The highest BCUT2D eigenvalue weighted by Gasteiger charge is 2.28. The highest BCUT2D eigenvalue weighted by atomic mass is 32.2. The van der Waals surface area contributed by atoms with Crippen LogP contribution in [0.5, 0.6) is 0 Å². The summed E-state index contributed by atoms with van der Waals surface area (Å²) in [5.41, 5.74) is 0.963. The summed E-state index contributed by atoms with van der Waals surface area (Å²) in [5, 5.41) is 11.5. The molecule has 0 spiro atoms. The van der Waals surface area contributed by atoms with Crippen molar-refractivity contribution in [3.63, 3.8) is 0 Å². The Hall–Kier alpha value is -2.65. The molecule has 4 rings (SSSR count). The van der Waals surface area contributed by atoms with Gasteiger partial charge in [0.2, 0.25) is 11.8 Å². The Kier molecular flexibility index (Phi) is 6.19. The van der Waals surface area contributed by atoms with Crippen molar-refractivity contribution >= 4 is 34.9 Å². The first kappa shape index (κ1) is 20.6. The van der Waals surface area contributed by atoms with E-state index in [1.165, 1.54) is 11.8 Å². The summed E-state index contributed by atoms with van der Waals surface area (Å²) in [5.74, 6) is 1.16. The van der Waals surface area contributed by atoms with Crippen molar-refractivity contribution in [2.75, 3.05) is 25.4 Å². The fourth-order valence-corrected chi connectivity index (χ4v) is 5.16. The van der Waals surface area contributed by atoms with E-state index in [0.29, 0.717) is 24.8 Å². The van der Waals surface area contributed by atoms with E-state index in [1.807, 2.05) is 69.1 Å². The number of aromatic nitrogens is 3. The van der Waals surface area contributed by atoms with E-state index in [0.717, 1.165) is 16.4 Å². The minimum absolute atomic E-state index is 0.0311. The number of piperazine rings is 1. The molecule has 1 atom stereocenters. The molecule has 0 aliphatic carbocycles. The van der Waals surface area contributed by atoms with Crippen LogP contribution in [0.1, 0.15) is 13.8 Å². The molecule has 1 aromatic carbocycles. The lowest BCUT2D eigenvalue weighted by Gasteiger charge is -2.39. The Morgan fingerprint density at radius 3 is 2.60 bits per heavy atom. The number of hydrogen-bond donors (Lipinski definition) is 0. The van der Waals surface area contributed by atoms with Gasteiger partial charge in [-0.3, -0.25) is 14.2 Å². The van der Waals surface area contributed by atoms with Crippen LogP contribution in [0.2, 0.25) is 0 Å². The van der Waals surface area contributed by atoms with Crippen LogP contribution in [-0.4, -0.2) is 67.8 Å². The predicted molar refractivity (Wildman–Crippen MR) is 119 cm³/mol. The molecule has 2 amide bonds. The quantitative estimate of drug-likeness (QED) is 0.569. The maximum absolute atomic E-state index is 12.8. The molecule has 0 saturated carbocycles. The number of amides is 2. The highest BCUT2D eigenvalue weighted by molar-refractivity contribution is 7.99. The lowest BCUT2D eigenvalue weighted by molar-refractivity contribution is -0.139. The topological polar surface area (TPSA) is 71.3 Å². The molecule has 1 unspecified atom stereocenters. The molecule has 2 aromatic heterocycles. The van der Waals surface area contributed by atoms with E-state index >= 15 is 0 Å². The molecular formula is C21H23N5O2S2. The van der Waals surface area contributed by atoms with Gasteiger partial charge in [0.05, 0.1) is 10.6 Å². The zero-order valence-electron chi connectivity index (χ0n) is 16.9. The van der Waals surface area contributed by atoms with Gasteiger partial charge < -0.3 is 9.80 Å². The van der Waals surface area contributed by atoms with Crippen molar-refractivity contribution in [3.05, 3.63) is 47.8 Å². The van der Waals surface area contributed by atoms with E-state index in [1.54, 1.807) is 18.3 Å². The first-order chi connectivity index (χ1) is 14.5. The van der Waals surface area contributed by atoms with Gasteiger partial charge in [0.15, 0.2) is 11.0 Å². The number of benzene rings is 1. The number of carbonyl (C=O) groups excluding carboxylic acids is 2. The smallest absolute Gasteiger partial charge is 0.233 e. The molecule has 0 bridgehead atoms. The lowest BCUT2D eigenvalue weighted by Crippen LogP contribution is -2.55. The molecule has 30 heavy (non-hydrogen) atoms. The van der Waals surface area contributed by atoms with Crippen molar-refractivity contribution in [2.45, 2.75) is 25.0 Å². The molecule has 1 fully saturated rings. The summed E-state index contributed by atoms with van der Waals surface area (Å²) in [6.45, 7) is 5.26. The summed E-state index contributed by atoms with van der Waals surface area (Å²) in [4.78, 5) is 29.2. The van der Waals surface area contributed by atoms with E-state index in [-0.39, 0.29) is 23.6 Å². The number of thiophene rings is 1. The predicted octanol–water partition coefficient (Wildman–Crippen LogP) is 3.17. The Bertz CT molecular complexity index is 1020. The maximum atomic E-state index is 12.8. The van der Waals surface area contributed by atoms with Gasteiger partial charge in [0.25, 0.3) is 0 Å². The second-order valence-electron chi connectivity index (χ2n) is 7.14. The van der Waals surface area contributed by atoms with E-state index in [4.69, 9.17) is 0 Å². The van der Waals surface area contributed by atoms with Crippen LogP contribution in [0.25, 0.3) is 16.4 Å². The fourth-order valence-electron chi connectivity index (χ4n) is 3.61. The SMILES string of the molecule is CC(=O)N1CCN(C(=O)CSc2nnc(-c3cccs3)n2-c2ccccc2)CC1C. The molecule has 156 valence electrons. The van der Waals surface area contributed by atoms with Crippen LogP contribution >= 0.6 is 23.1 Å². The van der Waals surface area contributed by atoms with E-state index < -0.39 is 0 Å². The van der Waals surface area contributed by atoms with Gasteiger partial charge in [-0.05, 0) is 30.5 Å². The molecule has 0 N–H and O–H groups in total. The molecule has 7 nitrogen and oxygen atoms in total. The third-order valence-corrected chi connectivity index (χ3v) is 6.88. The number of hydrogen-bond acceptors (Lipinski definition) is 6. The van der Waals surface area contributed by atoms with Crippen molar-refractivity contribution in [1.29, 1.82) is 0 Å². The van der Waals surface area contributed by atoms with Gasteiger partial charge in [-0.25, -0.2) is 0 Å². The molecule has 1 aliphatic rings. The minimum atomic E-state index is 0.0311. The van der Waals surface area contributed by atoms with E-state index in [9.17, 15) is 9.59 Å². The summed E-state index contributed by atoms with van der Waals surface area (Å²) in [7, 11) is 0. The van der Waals surface area contributed by atoms with Gasteiger partial charge >= 0.3 is 0 Å². The standard InChI is InChI=1S/C21H23N5O2S2/c1-15-13-24(10-11-25(15)16(2)27)19(28)14-30-21-23-22-20(18-9-6-12-29-18)26(21)17-7-4-3-5-8-17/h3-9,12,15H,10-11,13-14H2,1-2H3. The van der Waals surface area contributed by atoms with Crippen LogP contribution in [0.3, 0.4) is 0 Å². The Morgan fingerprint density at radius 2 is 1.93 bits per heavy atom. The van der Waals surface area contributed by atoms with Crippen molar-refractivity contribution in [2.24, 2.45) is 0 Å². The number of para-hydroxylation sites is 1. The molecule has 1 saturated heterocycles. The van der Waals surface area contributed by atoms with Crippen molar-refractivity contribution < 1.29 is 9.59 Å². The zero-order chi connectivity index (χ0) is 21.1. The third kappa shape index (κ3) is 4.27. The Morgan fingerprint density at radius 1 is 1.13 bits per heavy atom. The molecule has 3 aromatic rings. The third-order valence-electron chi connectivity index (χ3n) is 5.10. The van der Waals surface area contributed by atoms with Gasteiger partial charge in [-0.1, -0.05) is 36.0 Å². The number of nitrogens with zero attached hydrogens (tertiary/aromatic N) is 5.